The van der Waals surface area contributed by atoms with Crippen molar-refractivity contribution in [2.75, 3.05) is 7.05 Å². The molecule has 3 nitrogen and oxygen atoms in total. The smallest absolute Gasteiger partial charge is 0.0597 e. The highest BCUT2D eigenvalue weighted by atomic mass is 15.3. The van der Waals surface area contributed by atoms with E-state index in [-0.39, 0.29) is 0 Å². The second-order valence-electron chi connectivity index (χ2n) is 5.35. The second kappa shape index (κ2) is 5.17. The molecule has 1 aromatic heterocycles. The van der Waals surface area contributed by atoms with Crippen LogP contribution in [-0.2, 0) is 26.4 Å². The van der Waals surface area contributed by atoms with Crippen LogP contribution in [-0.4, -0.2) is 16.8 Å². The number of aromatic nitrogens is 2. The number of nitrogens with zero attached hydrogens (tertiary/aromatic N) is 2. The van der Waals surface area contributed by atoms with Gasteiger partial charge in [-0.2, -0.15) is 5.10 Å². The van der Waals surface area contributed by atoms with Gasteiger partial charge in [-0.3, -0.25) is 4.68 Å². The number of benzene rings is 1. The lowest BCUT2D eigenvalue weighted by molar-refractivity contribution is 0.673. The van der Waals surface area contributed by atoms with E-state index in [0.29, 0.717) is 0 Å². The predicted octanol–water partition coefficient (Wildman–Crippen LogP) is 2.69. The van der Waals surface area contributed by atoms with Crippen LogP contribution in [0.4, 0.5) is 0 Å². The quantitative estimate of drug-likeness (QED) is 0.914. The fraction of sp³-hybridized carbons (Fsp3) is 0.438. The van der Waals surface area contributed by atoms with E-state index in [1.807, 2.05) is 25.0 Å². The molecule has 3 rings (SSSR count). The Morgan fingerprint density at radius 2 is 2.00 bits per heavy atom. The summed E-state index contributed by atoms with van der Waals surface area (Å²) in [6.07, 6.45) is 7.12. The van der Waals surface area contributed by atoms with Crippen molar-refractivity contribution in [3.8, 4) is 11.1 Å². The highest BCUT2D eigenvalue weighted by Gasteiger charge is 2.13. The van der Waals surface area contributed by atoms with Gasteiger partial charge in [0.05, 0.1) is 11.9 Å². The lowest BCUT2D eigenvalue weighted by Gasteiger charge is -2.16. The van der Waals surface area contributed by atoms with Gasteiger partial charge < -0.3 is 5.32 Å². The average molecular weight is 255 g/mol. The Kier molecular flexibility index (Phi) is 3.38. The molecular formula is C16H21N3. The van der Waals surface area contributed by atoms with Crippen molar-refractivity contribution in [1.82, 2.24) is 15.1 Å². The number of hydrogen-bond acceptors (Lipinski definition) is 2. The molecular weight excluding hydrogens is 234 g/mol. The van der Waals surface area contributed by atoms with Gasteiger partial charge in [0.2, 0.25) is 0 Å². The molecule has 1 aromatic carbocycles. The maximum Gasteiger partial charge on any atom is 0.0597 e. The summed E-state index contributed by atoms with van der Waals surface area (Å²) in [6.45, 7) is 0.850. The average Bonchev–Trinajstić information content (AvgIpc) is 2.80. The summed E-state index contributed by atoms with van der Waals surface area (Å²) in [4.78, 5) is 0. The topological polar surface area (TPSA) is 29.9 Å². The van der Waals surface area contributed by atoms with E-state index in [1.165, 1.54) is 53.6 Å². The number of nitrogens with one attached hydrogen (secondary N) is 1. The van der Waals surface area contributed by atoms with Crippen molar-refractivity contribution >= 4 is 0 Å². The van der Waals surface area contributed by atoms with Crippen LogP contribution in [0, 0.1) is 0 Å². The lowest BCUT2D eigenvalue weighted by atomic mass is 9.89. The fourth-order valence-corrected chi connectivity index (χ4v) is 2.98. The van der Waals surface area contributed by atoms with Crippen molar-refractivity contribution in [3.05, 3.63) is 41.2 Å². The third-order valence-electron chi connectivity index (χ3n) is 4.07. The van der Waals surface area contributed by atoms with Gasteiger partial charge in [0.15, 0.2) is 0 Å². The third kappa shape index (κ3) is 2.30. The van der Waals surface area contributed by atoms with Gasteiger partial charge in [-0.15, -0.1) is 0 Å². The molecule has 0 unspecified atom stereocenters. The Bertz CT molecular complexity index is 584. The van der Waals surface area contributed by atoms with Crippen molar-refractivity contribution in [1.29, 1.82) is 0 Å². The molecule has 0 saturated heterocycles. The normalized spacial score (nSPS) is 14.4. The Labute approximate surface area is 114 Å². The lowest BCUT2D eigenvalue weighted by Crippen LogP contribution is -2.10. The highest BCUT2D eigenvalue weighted by molar-refractivity contribution is 5.67. The van der Waals surface area contributed by atoms with Crippen LogP contribution in [0.25, 0.3) is 11.1 Å². The molecule has 1 heterocycles. The predicted molar refractivity (Wildman–Crippen MR) is 78.0 cm³/mol. The van der Waals surface area contributed by atoms with Gasteiger partial charge in [0, 0.05) is 19.2 Å². The summed E-state index contributed by atoms with van der Waals surface area (Å²) in [5.74, 6) is 0. The first-order chi connectivity index (χ1) is 9.29. The van der Waals surface area contributed by atoms with Gasteiger partial charge in [0.25, 0.3) is 0 Å². The molecule has 0 radical (unpaired) electrons. The van der Waals surface area contributed by atoms with Gasteiger partial charge in [-0.25, -0.2) is 0 Å². The molecule has 1 N–H and O–H groups in total. The van der Waals surface area contributed by atoms with Crippen LogP contribution < -0.4 is 5.32 Å². The van der Waals surface area contributed by atoms with E-state index in [4.69, 9.17) is 0 Å². The van der Waals surface area contributed by atoms with Crippen LogP contribution in [0.2, 0.25) is 0 Å². The van der Waals surface area contributed by atoms with Gasteiger partial charge in [0.1, 0.15) is 0 Å². The zero-order valence-electron chi connectivity index (χ0n) is 11.7. The summed E-state index contributed by atoms with van der Waals surface area (Å²) in [6, 6.07) is 6.92. The van der Waals surface area contributed by atoms with Gasteiger partial charge in [-0.05, 0) is 49.4 Å². The van der Waals surface area contributed by atoms with Crippen LogP contribution in [0.5, 0.6) is 0 Å². The molecule has 1 aliphatic rings. The van der Waals surface area contributed by atoms with Crippen molar-refractivity contribution < 1.29 is 0 Å². The summed E-state index contributed by atoms with van der Waals surface area (Å²) in [5, 5.41) is 7.62. The molecule has 0 fully saturated rings. The molecule has 3 heteroatoms. The van der Waals surface area contributed by atoms with E-state index >= 15 is 0 Å². The molecule has 0 aliphatic heterocycles. The molecule has 2 aromatic rings. The van der Waals surface area contributed by atoms with Crippen molar-refractivity contribution in [2.24, 2.45) is 7.05 Å². The molecule has 100 valence electrons. The Morgan fingerprint density at radius 1 is 1.21 bits per heavy atom. The van der Waals surface area contributed by atoms with E-state index in [2.05, 4.69) is 28.6 Å². The third-order valence-corrected chi connectivity index (χ3v) is 4.07. The van der Waals surface area contributed by atoms with E-state index in [9.17, 15) is 0 Å². The molecule has 0 saturated carbocycles. The summed E-state index contributed by atoms with van der Waals surface area (Å²) in [5.41, 5.74) is 6.87. The Balaban J connectivity index is 2.02. The highest BCUT2D eigenvalue weighted by Crippen LogP contribution is 2.29. The maximum atomic E-state index is 4.40. The standard InChI is InChI=1S/C16H21N3/c1-17-11-16-15(10-18-19(16)2)14-8-7-12-5-3-4-6-13(12)9-14/h7-10,17H,3-6,11H2,1-2H3. The van der Waals surface area contributed by atoms with Gasteiger partial charge >= 0.3 is 0 Å². The van der Waals surface area contributed by atoms with Crippen LogP contribution >= 0.6 is 0 Å². The van der Waals surface area contributed by atoms with Crippen LogP contribution in [0.3, 0.4) is 0 Å². The number of fused-ring (bicyclic) bond motifs is 1. The first-order valence-electron chi connectivity index (χ1n) is 7.07. The monoisotopic (exact) mass is 255 g/mol. The number of aryl methyl sites for hydroxylation is 3. The summed E-state index contributed by atoms with van der Waals surface area (Å²) >= 11 is 0. The maximum absolute atomic E-state index is 4.40. The number of rotatable bonds is 3. The summed E-state index contributed by atoms with van der Waals surface area (Å²) < 4.78 is 1.96. The van der Waals surface area contributed by atoms with E-state index in [1.54, 1.807) is 0 Å². The number of hydrogen-bond donors (Lipinski definition) is 1. The second-order valence-corrected chi connectivity index (χ2v) is 5.35. The molecule has 0 atom stereocenters. The zero-order chi connectivity index (χ0) is 13.2. The fourth-order valence-electron chi connectivity index (χ4n) is 2.98. The summed E-state index contributed by atoms with van der Waals surface area (Å²) in [7, 11) is 3.98. The first kappa shape index (κ1) is 12.4. The SMILES string of the molecule is CNCc1c(-c2ccc3c(c2)CCCC3)cnn1C. The van der Waals surface area contributed by atoms with Crippen molar-refractivity contribution in [2.45, 2.75) is 32.2 Å². The Morgan fingerprint density at radius 3 is 2.79 bits per heavy atom. The molecule has 1 aliphatic carbocycles. The van der Waals surface area contributed by atoms with Crippen LogP contribution in [0.1, 0.15) is 29.7 Å². The molecule has 0 amide bonds. The van der Waals surface area contributed by atoms with Gasteiger partial charge in [-0.1, -0.05) is 18.2 Å². The minimum Gasteiger partial charge on any atom is -0.314 e. The van der Waals surface area contributed by atoms with E-state index < -0.39 is 0 Å². The largest absolute Gasteiger partial charge is 0.314 e. The van der Waals surface area contributed by atoms with E-state index in [0.717, 1.165) is 6.54 Å². The molecule has 0 bridgehead atoms. The minimum atomic E-state index is 0.850. The van der Waals surface area contributed by atoms with Crippen LogP contribution in [0.15, 0.2) is 24.4 Å². The van der Waals surface area contributed by atoms with Crippen molar-refractivity contribution in [3.63, 3.8) is 0 Å². The molecule has 19 heavy (non-hydrogen) atoms. The first-order valence-corrected chi connectivity index (χ1v) is 7.07. The Hall–Kier alpha value is -1.61. The zero-order valence-corrected chi connectivity index (χ0v) is 11.7. The molecule has 0 spiro atoms. The minimum absolute atomic E-state index is 0.850.